The monoisotopic (exact) mass is 417 g/mol. The summed E-state index contributed by atoms with van der Waals surface area (Å²) in [5, 5.41) is 3.02. The van der Waals surface area contributed by atoms with Gasteiger partial charge in [-0.3, -0.25) is 19.3 Å². The van der Waals surface area contributed by atoms with Crippen molar-refractivity contribution in [3.05, 3.63) is 70.0 Å². The van der Waals surface area contributed by atoms with Crippen molar-refractivity contribution < 1.29 is 18.8 Å². The Bertz CT molecular complexity index is 909. The van der Waals surface area contributed by atoms with Gasteiger partial charge in [0, 0.05) is 30.1 Å². The van der Waals surface area contributed by atoms with Crippen LogP contribution in [0, 0.1) is 5.82 Å². The van der Waals surface area contributed by atoms with E-state index in [1.165, 1.54) is 12.1 Å². The predicted molar refractivity (Wildman–Crippen MR) is 107 cm³/mol. The number of rotatable bonds is 7. The van der Waals surface area contributed by atoms with Crippen LogP contribution in [0.25, 0.3) is 0 Å². The molecule has 6 nitrogen and oxygen atoms in total. The van der Waals surface area contributed by atoms with Gasteiger partial charge in [-0.25, -0.2) is 4.39 Å². The first-order chi connectivity index (χ1) is 13.8. The maximum Gasteiger partial charge on any atom is 0.261 e. The topological polar surface area (TPSA) is 69.7 Å². The van der Waals surface area contributed by atoms with Crippen LogP contribution in [0.3, 0.4) is 0 Å². The van der Waals surface area contributed by atoms with E-state index in [-0.39, 0.29) is 30.4 Å². The molecule has 1 aliphatic rings. The largest absolute Gasteiger partial charge is 0.354 e. The minimum atomic E-state index is -0.466. The molecule has 0 saturated heterocycles. The van der Waals surface area contributed by atoms with E-state index in [0.29, 0.717) is 16.7 Å². The predicted octanol–water partition coefficient (Wildman–Crippen LogP) is 2.88. The SMILES string of the molecule is CN(C)C(CNC(=O)CCN1C(=O)c2ccccc2C1=O)c1c(F)cccc1Cl. The van der Waals surface area contributed by atoms with Crippen molar-refractivity contribution in [1.82, 2.24) is 15.1 Å². The van der Waals surface area contributed by atoms with Gasteiger partial charge in [0.1, 0.15) is 5.82 Å². The molecule has 0 radical (unpaired) electrons. The maximum absolute atomic E-state index is 14.2. The Labute approximate surface area is 173 Å². The Morgan fingerprint density at radius 2 is 1.72 bits per heavy atom. The normalized spacial score (nSPS) is 14.3. The van der Waals surface area contributed by atoms with Crippen LogP contribution in [0.15, 0.2) is 42.5 Å². The quantitative estimate of drug-likeness (QED) is 0.703. The second-order valence-corrected chi connectivity index (χ2v) is 7.38. The van der Waals surface area contributed by atoms with E-state index in [4.69, 9.17) is 11.6 Å². The van der Waals surface area contributed by atoms with Crippen molar-refractivity contribution in [2.24, 2.45) is 0 Å². The molecule has 0 aliphatic carbocycles. The maximum atomic E-state index is 14.2. The Morgan fingerprint density at radius 3 is 2.28 bits per heavy atom. The van der Waals surface area contributed by atoms with Crippen molar-refractivity contribution in [1.29, 1.82) is 0 Å². The van der Waals surface area contributed by atoms with Gasteiger partial charge < -0.3 is 10.2 Å². The summed E-state index contributed by atoms with van der Waals surface area (Å²) in [4.78, 5) is 39.8. The molecule has 2 aromatic rings. The molecule has 2 aromatic carbocycles. The van der Waals surface area contributed by atoms with Crippen molar-refractivity contribution >= 4 is 29.3 Å². The second kappa shape index (κ2) is 8.71. The highest BCUT2D eigenvalue weighted by atomic mass is 35.5. The fraction of sp³-hybridized carbons (Fsp3) is 0.286. The lowest BCUT2D eigenvalue weighted by molar-refractivity contribution is -0.121. The lowest BCUT2D eigenvalue weighted by Gasteiger charge is -2.26. The van der Waals surface area contributed by atoms with Crippen LogP contribution in [-0.2, 0) is 4.79 Å². The molecule has 0 aromatic heterocycles. The average molecular weight is 418 g/mol. The molecule has 1 unspecified atom stereocenters. The Hall–Kier alpha value is -2.77. The minimum absolute atomic E-state index is 0.0226. The summed E-state index contributed by atoms with van der Waals surface area (Å²) < 4.78 is 14.2. The highest BCUT2D eigenvalue weighted by Gasteiger charge is 2.35. The third kappa shape index (κ3) is 4.31. The van der Waals surface area contributed by atoms with Crippen LogP contribution in [0.5, 0.6) is 0 Å². The number of nitrogens with one attached hydrogen (secondary N) is 1. The number of benzene rings is 2. The van der Waals surface area contributed by atoms with Gasteiger partial charge in [-0.05, 0) is 38.4 Å². The Morgan fingerprint density at radius 1 is 1.10 bits per heavy atom. The molecule has 152 valence electrons. The van der Waals surface area contributed by atoms with Gasteiger partial charge in [0.25, 0.3) is 11.8 Å². The van der Waals surface area contributed by atoms with E-state index < -0.39 is 23.7 Å². The molecule has 29 heavy (non-hydrogen) atoms. The van der Waals surface area contributed by atoms with Crippen molar-refractivity contribution in [3.8, 4) is 0 Å². The van der Waals surface area contributed by atoms with E-state index in [9.17, 15) is 18.8 Å². The van der Waals surface area contributed by atoms with Gasteiger partial charge in [0.05, 0.1) is 17.2 Å². The number of amides is 3. The summed E-state index contributed by atoms with van der Waals surface area (Å²) in [6.45, 7) is 0.111. The number of hydrogen-bond acceptors (Lipinski definition) is 4. The zero-order chi connectivity index (χ0) is 21.1. The second-order valence-electron chi connectivity index (χ2n) is 6.98. The zero-order valence-corrected chi connectivity index (χ0v) is 16.9. The third-order valence-corrected chi connectivity index (χ3v) is 5.22. The molecule has 0 bridgehead atoms. The molecule has 1 N–H and O–H groups in total. The average Bonchev–Trinajstić information content (AvgIpc) is 2.93. The Balaban J connectivity index is 1.60. The number of likely N-dealkylation sites (N-methyl/N-ethyl adjacent to an activating group) is 1. The lowest BCUT2D eigenvalue weighted by Crippen LogP contribution is -2.38. The molecule has 1 atom stereocenters. The first kappa shape index (κ1) is 21.0. The fourth-order valence-corrected chi connectivity index (χ4v) is 3.62. The van der Waals surface area contributed by atoms with Crippen LogP contribution >= 0.6 is 11.6 Å². The number of carbonyl (C=O) groups is 3. The number of halogens is 2. The number of nitrogens with zero attached hydrogens (tertiary/aromatic N) is 2. The highest BCUT2D eigenvalue weighted by molar-refractivity contribution is 6.31. The van der Waals surface area contributed by atoms with Gasteiger partial charge in [-0.1, -0.05) is 29.8 Å². The fourth-order valence-electron chi connectivity index (χ4n) is 3.33. The summed E-state index contributed by atoms with van der Waals surface area (Å²) in [6.07, 6.45) is -0.0450. The third-order valence-electron chi connectivity index (χ3n) is 4.89. The van der Waals surface area contributed by atoms with Crippen molar-refractivity contribution in [2.45, 2.75) is 12.5 Å². The van der Waals surface area contributed by atoms with Gasteiger partial charge in [-0.15, -0.1) is 0 Å². The zero-order valence-electron chi connectivity index (χ0n) is 16.1. The number of imide groups is 1. The van der Waals surface area contributed by atoms with E-state index in [1.54, 1.807) is 49.3 Å². The summed E-state index contributed by atoms with van der Waals surface area (Å²) >= 11 is 6.15. The molecule has 1 aliphatic heterocycles. The summed E-state index contributed by atoms with van der Waals surface area (Å²) in [7, 11) is 3.52. The van der Waals surface area contributed by atoms with E-state index in [2.05, 4.69) is 5.32 Å². The van der Waals surface area contributed by atoms with Crippen LogP contribution < -0.4 is 5.32 Å². The molecule has 0 fully saturated rings. The van der Waals surface area contributed by atoms with E-state index in [0.717, 1.165) is 4.90 Å². The van der Waals surface area contributed by atoms with Crippen LogP contribution in [-0.4, -0.2) is 54.7 Å². The molecule has 1 heterocycles. The van der Waals surface area contributed by atoms with Gasteiger partial charge >= 0.3 is 0 Å². The van der Waals surface area contributed by atoms with E-state index >= 15 is 0 Å². The van der Waals surface area contributed by atoms with Crippen LogP contribution in [0.4, 0.5) is 4.39 Å². The molecular weight excluding hydrogens is 397 g/mol. The number of hydrogen-bond donors (Lipinski definition) is 1. The molecular formula is C21H21ClFN3O3. The van der Waals surface area contributed by atoms with Gasteiger partial charge in [0.15, 0.2) is 0 Å². The summed E-state index contributed by atoms with van der Waals surface area (Å²) in [5.41, 5.74) is 0.999. The van der Waals surface area contributed by atoms with Crippen molar-refractivity contribution in [2.75, 3.05) is 27.2 Å². The molecule has 8 heteroatoms. The minimum Gasteiger partial charge on any atom is -0.354 e. The number of fused-ring (bicyclic) bond motifs is 1. The standard InChI is InChI=1S/C21H21ClFN3O3/c1-25(2)17(19-15(22)8-5-9-16(19)23)12-24-18(27)10-11-26-20(28)13-6-3-4-7-14(13)21(26)29/h3-9,17H,10-12H2,1-2H3,(H,24,27). The van der Waals surface area contributed by atoms with Crippen molar-refractivity contribution in [3.63, 3.8) is 0 Å². The Kier molecular flexibility index (Phi) is 6.30. The summed E-state index contributed by atoms with van der Waals surface area (Å²) in [5.74, 6) is -1.59. The lowest BCUT2D eigenvalue weighted by atomic mass is 10.0. The molecule has 3 amide bonds. The smallest absolute Gasteiger partial charge is 0.261 e. The van der Waals surface area contributed by atoms with Gasteiger partial charge in [-0.2, -0.15) is 0 Å². The first-order valence-electron chi connectivity index (χ1n) is 9.13. The molecule has 0 saturated carbocycles. The highest BCUT2D eigenvalue weighted by Crippen LogP contribution is 2.28. The van der Waals surface area contributed by atoms with E-state index in [1.807, 2.05) is 0 Å². The first-order valence-corrected chi connectivity index (χ1v) is 9.51. The molecule has 0 spiro atoms. The molecule has 3 rings (SSSR count). The van der Waals surface area contributed by atoms with Gasteiger partial charge in [0.2, 0.25) is 5.91 Å². The van der Waals surface area contributed by atoms with Crippen LogP contribution in [0.2, 0.25) is 5.02 Å². The number of carbonyl (C=O) groups excluding carboxylic acids is 3. The summed E-state index contributed by atoms with van der Waals surface area (Å²) in [6, 6.07) is 10.5. The van der Waals surface area contributed by atoms with Crippen LogP contribution in [0.1, 0.15) is 38.7 Å².